The van der Waals surface area contributed by atoms with E-state index >= 15 is 0 Å². The standard InChI is InChI=1S/C12H13Cl2N3O2/c13-9-3-1-2-4-10(9)15-12(16-11(14)18)17-5-7-19-8-6-17/h1-4H,5-8H2,(H,15,16,18). The first kappa shape index (κ1) is 14.1. The summed E-state index contributed by atoms with van der Waals surface area (Å²) in [5, 5.41) is 2.34. The third kappa shape index (κ3) is 4.09. The number of halogens is 2. The van der Waals surface area contributed by atoms with Crippen LogP contribution in [0.25, 0.3) is 0 Å². The van der Waals surface area contributed by atoms with E-state index in [2.05, 4.69) is 10.3 Å². The molecule has 0 radical (unpaired) electrons. The summed E-state index contributed by atoms with van der Waals surface area (Å²) in [6, 6.07) is 7.14. The van der Waals surface area contributed by atoms with Crippen molar-refractivity contribution in [3.05, 3.63) is 29.3 Å². The van der Waals surface area contributed by atoms with Crippen molar-refractivity contribution in [2.75, 3.05) is 26.3 Å². The molecule has 1 N–H and O–H groups in total. The smallest absolute Gasteiger partial charge is 0.320 e. The van der Waals surface area contributed by atoms with Gasteiger partial charge in [-0.25, -0.2) is 4.99 Å². The summed E-state index contributed by atoms with van der Waals surface area (Å²) in [5.74, 6) is 0.386. The second-order valence-corrected chi connectivity index (χ2v) is 4.64. The van der Waals surface area contributed by atoms with Crippen molar-refractivity contribution < 1.29 is 9.53 Å². The van der Waals surface area contributed by atoms with E-state index in [1.54, 1.807) is 12.1 Å². The molecule has 0 aromatic heterocycles. The minimum absolute atomic E-state index is 0.386. The van der Waals surface area contributed by atoms with E-state index in [1.807, 2.05) is 17.0 Å². The molecular formula is C12H13Cl2N3O2. The molecule has 19 heavy (non-hydrogen) atoms. The fourth-order valence-electron chi connectivity index (χ4n) is 1.70. The zero-order valence-electron chi connectivity index (χ0n) is 10.1. The minimum atomic E-state index is -0.683. The summed E-state index contributed by atoms with van der Waals surface area (Å²) in [6.07, 6.45) is 0. The van der Waals surface area contributed by atoms with Crippen LogP contribution in [0.5, 0.6) is 0 Å². The van der Waals surface area contributed by atoms with Gasteiger partial charge in [0.05, 0.1) is 23.9 Å². The number of benzene rings is 1. The molecule has 0 atom stereocenters. The number of hydrogen-bond acceptors (Lipinski definition) is 3. The number of hydrogen-bond donors (Lipinski definition) is 1. The van der Waals surface area contributed by atoms with E-state index in [4.69, 9.17) is 27.9 Å². The molecular weight excluding hydrogens is 289 g/mol. The van der Waals surface area contributed by atoms with E-state index in [-0.39, 0.29) is 0 Å². The molecule has 1 amide bonds. The van der Waals surface area contributed by atoms with Crippen LogP contribution in [0.3, 0.4) is 0 Å². The molecule has 5 nitrogen and oxygen atoms in total. The van der Waals surface area contributed by atoms with Gasteiger partial charge in [0.15, 0.2) is 0 Å². The van der Waals surface area contributed by atoms with E-state index in [0.717, 1.165) is 0 Å². The number of nitrogens with zero attached hydrogens (tertiary/aromatic N) is 2. The van der Waals surface area contributed by atoms with Crippen LogP contribution in [0.1, 0.15) is 0 Å². The number of para-hydroxylation sites is 1. The van der Waals surface area contributed by atoms with Gasteiger partial charge in [0, 0.05) is 13.1 Å². The molecule has 0 spiro atoms. The first-order valence-corrected chi connectivity index (χ1v) is 6.55. The van der Waals surface area contributed by atoms with Gasteiger partial charge in [-0.3, -0.25) is 10.1 Å². The average molecular weight is 302 g/mol. The highest BCUT2D eigenvalue weighted by Gasteiger charge is 2.17. The topological polar surface area (TPSA) is 53.9 Å². The van der Waals surface area contributed by atoms with Gasteiger partial charge in [0.25, 0.3) is 0 Å². The third-order valence-corrected chi connectivity index (χ3v) is 3.01. The molecule has 1 aromatic carbocycles. The average Bonchev–Trinajstić information content (AvgIpc) is 2.41. The molecule has 1 saturated heterocycles. The molecule has 1 fully saturated rings. The Bertz CT molecular complexity index is 488. The molecule has 1 aliphatic heterocycles. The maximum Gasteiger partial charge on any atom is 0.320 e. The normalized spacial score (nSPS) is 16.3. The van der Waals surface area contributed by atoms with Gasteiger partial charge in [0.1, 0.15) is 0 Å². The monoisotopic (exact) mass is 301 g/mol. The predicted octanol–water partition coefficient (Wildman–Crippen LogP) is 2.61. The number of amides is 1. The van der Waals surface area contributed by atoms with Crippen LogP contribution < -0.4 is 5.32 Å². The molecule has 2 rings (SSSR count). The Labute approximate surface area is 121 Å². The predicted molar refractivity (Wildman–Crippen MR) is 75.3 cm³/mol. The lowest BCUT2D eigenvalue weighted by molar-refractivity contribution is 0.0669. The molecule has 0 aliphatic carbocycles. The first-order chi connectivity index (χ1) is 9.16. The zero-order chi connectivity index (χ0) is 13.7. The van der Waals surface area contributed by atoms with Crippen LogP contribution in [0.4, 0.5) is 10.5 Å². The van der Waals surface area contributed by atoms with Crippen molar-refractivity contribution >= 4 is 40.2 Å². The molecule has 102 valence electrons. The van der Waals surface area contributed by atoms with Crippen LogP contribution >= 0.6 is 23.2 Å². The van der Waals surface area contributed by atoms with Gasteiger partial charge in [0.2, 0.25) is 5.96 Å². The minimum Gasteiger partial charge on any atom is -0.378 e. The Balaban J connectivity index is 2.25. The van der Waals surface area contributed by atoms with Gasteiger partial charge in [-0.2, -0.15) is 0 Å². The van der Waals surface area contributed by atoms with Crippen molar-refractivity contribution in [3.63, 3.8) is 0 Å². The van der Waals surface area contributed by atoms with Crippen molar-refractivity contribution in [2.45, 2.75) is 0 Å². The maximum absolute atomic E-state index is 11.1. The highest BCUT2D eigenvalue weighted by atomic mass is 35.5. The largest absolute Gasteiger partial charge is 0.378 e. The number of carbonyl (C=O) groups excluding carboxylic acids is 1. The summed E-state index contributed by atoms with van der Waals surface area (Å²) in [6.45, 7) is 2.44. The Morgan fingerprint density at radius 2 is 2.00 bits per heavy atom. The molecule has 0 unspecified atom stereocenters. The summed E-state index contributed by atoms with van der Waals surface area (Å²) < 4.78 is 5.26. The fraction of sp³-hybridized carbons (Fsp3) is 0.333. The number of nitrogens with one attached hydrogen (secondary N) is 1. The van der Waals surface area contributed by atoms with Gasteiger partial charge in [-0.1, -0.05) is 23.7 Å². The molecule has 0 bridgehead atoms. The third-order valence-electron chi connectivity index (χ3n) is 2.60. The summed E-state index contributed by atoms with van der Waals surface area (Å²) in [5.41, 5.74) is 0.580. The number of ether oxygens (including phenoxy) is 1. The van der Waals surface area contributed by atoms with Gasteiger partial charge in [-0.05, 0) is 23.7 Å². The van der Waals surface area contributed by atoms with Crippen LogP contribution in [-0.2, 0) is 4.74 Å². The molecule has 7 heteroatoms. The first-order valence-electron chi connectivity index (χ1n) is 5.79. The Morgan fingerprint density at radius 1 is 1.32 bits per heavy atom. The van der Waals surface area contributed by atoms with Crippen molar-refractivity contribution in [3.8, 4) is 0 Å². The Kier molecular flexibility index (Phi) is 5.01. The second kappa shape index (κ2) is 6.75. The highest BCUT2D eigenvalue weighted by Crippen LogP contribution is 2.24. The lowest BCUT2D eigenvalue weighted by atomic mass is 10.3. The molecule has 1 aliphatic rings. The number of carbonyl (C=O) groups is 1. The number of morpholine rings is 1. The highest BCUT2D eigenvalue weighted by molar-refractivity contribution is 6.64. The molecule has 0 saturated carbocycles. The Hall–Kier alpha value is -1.30. The van der Waals surface area contributed by atoms with E-state index in [1.165, 1.54) is 0 Å². The lowest BCUT2D eigenvalue weighted by Crippen LogP contribution is -2.47. The van der Waals surface area contributed by atoms with Crippen LogP contribution in [0.15, 0.2) is 29.3 Å². The SMILES string of the molecule is O=C(Cl)NC(=Nc1ccccc1Cl)N1CCOCC1. The maximum atomic E-state index is 11.1. The second-order valence-electron chi connectivity index (χ2n) is 3.88. The fourth-order valence-corrected chi connectivity index (χ4v) is 1.96. The van der Waals surface area contributed by atoms with Crippen LogP contribution in [-0.4, -0.2) is 42.5 Å². The summed E-state index contributed by atoms with van der Waals surface area (Å²) in [4.78, 5) is 17.3. The molecule has 1 heterocycles. The van der Waals surface area contributed by atoms with Crippen molar-refractivity contribution in [1.29, 1.82) is 0 Å². The Morgan fingerprint density at radius 3 is 2.63 bits per heavy atom. The van der Waals surface area contributed by atoms with Gasteiger partial charge >= 0.3 is 5.37 Å². The van der Waals surface area contributed by atoms with E-state index < -0.39 is 5.37 Å². The number of rotatable bonds is 1. The zero-order valence-corrected chi connectivity index (χ0v) is 11.6. The van der Waals surface area contributed by atoms with Crippen LogP contribution in [0.2, 0.25) is 5.02 Å². The van der Waals surface area contributed by atoms with E-state index in [9.17, 15) is 4.79 Å². The van der Waals surface area contributed by atoms with Crippen molar-refractivity contribution in [1.82, 2.24) is 10.2 Å². The molecule has 1 aromatic rings. The van der Waals surface area contributed by atoms with Gasteiger partial charge in [-0.15, -0.1) is 0 Å². The number of guanidine groups is 1. The van der Waals surface area contributed by atoms with Crippen LogP contribution in [0, 0.1) is 0 Å². The number of aliphatic imine (C=N–C) groups is 1. The summed E-state index contributed by atoms with van der Waals surface area (Å²) in [7, 11) is 0. The quantitative estimate of drug-likeness (QED) is 0.375. The van der Waals surface area contributed by atoms with Gasteiger partial charge < -0.3 is 9.64 Å². The summed E-state index contributed by atoms with van der Waals surface area (Å²) >= 11 is 11.4. The van der Waals surface area contributed by atoms with E-state index in [0.29, 0.717) is 43.0 Å². The lowest BCUT2D eigenvalue weighted by Gasteiger charge is -2.29. The van der Waals surface area contributed by atoms with Crippen molar-refractivity contribution in [2.24, 2.45) is 4.99 Å².